The molecule has 0 radical (unpaired) electrons. The van der Waals surface area contributed by atoms with Crippen LogP contribution in [0.2, 0.25) is 10.0 Å². The summed E-state index contributed by atoms with van der Waals surface area (Å²) < 4.78 is 0. The van der Waals surface area contributed by atoms with E-state index in [2.05, 4.69) is 12.1 Å². The Morgan fingerprint density at radius 1 is 0.842 bits per heavy atom. The molecule has 0 N–H and O–H groups in total. The van der Waals surface area contributed by atoms with Crippen molar-refractivity contribution in [1.29, 1.82) is 0 Å². The number of hydrogen-bond acceptors (Lipinski definition) is 3. The highest BCUT2D eigenvalue weighted by Gasteiger charge is 2.36. The number of rotatable bonds is 4. The molecule has 0 saturated carbocycles. The first-order valence-corrected chi connectivity index (χ1v) is 13.1. The molecule has 6 heteroatoms. The van der Waals surface area contributed by atoms with Crippen LogP contribution in [0.4, 0.5) is 0 Å². The zero-order chi connectivity index (χ0) is 26.2. The Bertz CT molecular complexity index is 1700. The summed E-state index contributed by atoms with van der Waals surface area (Å²) in [7, 11) is 0. The first-order chi connectivity index (χ1) is 18.5. The molecule has 2 heterocycles. The van der Waals surface area contributed by atoms with E-state index in [0.717, 1.165) is 44.6 Å². The minimum atomic E-state index is -0.357. The fourth-order valence-corrected chi connectivity index (χ4v) is 5.60. The quantitative estimate of drug-likeness (QED) is 0.231. The van der Waals surface area contributed by atoms with Gasteiger partial charge in [0.25, 0.3) is 5.91 Å². The fourth-order valence-electron chi connectivity index (χ4n) is 5.17. The number of carbonyl (C=O) groups excluding carboxylic acids is 1. The van der Waals surface area contributed by atoms with Gasteiger partial charge in [-0.1, -0.05) is 89.9 Å². The van der Waals surface area contributed by atoms with Crippen LogP contribution in [0.5, 0.6) is 0 Å². The average molecular weight is 536 g/mol. The van der Waals surface area contributed by atoms with Gasteiger partial charge in [-0.05, 0) is 54.4 Å². The van der Waals surface area contributed by atoms with Crippen molar-refractivity contribution < 1.29 is 4.79 Å². The number of halogens is 2. The monoisotopic (exact) mass is 535 g/mol. The summed E-state index contributed by atoms with van der Waals surface area (Å²) in [5, 5.41) is 8.72. The number of hydrazone groups is 1. The van der Waals surface area contributed by atoms with Crippen molar-refractivity contribution in [3.05, 3.63) is 136 Å². The third-order valence-electron chi connectivity index (χ3n) is 6.88. The molecule has 1 amide bonds. The van der Waals surface area contributed by atoms with E-state index in [1.807, 2.05) is 85.8 Å². The Morgan fingerprint density at radius 3 is 2.26 bits per heavy atom. The van der Waals surface area contributed by atoms with Gasteiger partial charge in [0.05, 0.1) is 17.3 Å². The first-order valence-electron chi connectivity index (χ1n) is 12.4. The molecule has 1 atom stereocenters. The molecule has 0 aliphatic carbocycles. The van der Waals surface area contributed by atoms with Crippen molar-refractivity contribution >= 4 is 45.7 Å². The van der Waals surface area contributed by atoms with Crippen LogP contribution in [0.25, 0.3) is 22.0 Å². The molecule has 38 heavy (non-hydrogen) atoms. The highest BCUT2D eigenvalue weighted by molar-refractivity contribution is 6.32. The minimum absolute atomic E-state index is 0.179. The lowest BCUT2D eigenvalue weighted by molar-refractivity contribution is 0.0711. The fraction of sp³-hybridized carbons (Fsp3) is 0.0938. The predicted molar refractivity (Wildman–Crippen MR) is 155 cm³/mol. The SMILES string of the molecule is Cc1nc2ccc(Cl)cc2c(-c2ccccc2)c1C1=NN(C(=O)c2ccccc2)[C@@H](c2ccccc2Cl)C1. The molecule has 0 spiro atoms. The van der Waals surface area contributed by atoms with Gasteiger partial charge in [-0.15, -0.1) is 0 Å². The lowest BCUT2D eigenvalue weighted by Gasteiger charge is -2.23. The average Bonchev–Trinajstić information content (AvgIpc) is 3.38. The van der Waals surface area contributed by atoms with Crippen LogP contribution in [-0.2, 0) is 0 Å². The topological polar surface area (TPSA) is 45.6 Å². The summed E-state index contributed by atoms with van der Waals surface area (Å²) in [6.07, 6.45) is 0.497. The number of aromatic nitrogens is 1. The zero-order valence-corrected chi connectivity index (χ0v) is 22.1. The maximum Gasteiger partial charge on any atom is 0.274 e. The Labute approximate surface area is 231 Å². The lowest BCUT2D eigenvalue weighted by Crippen LogP contribution is -2.27. The number of benzene rings is 4. The van der Waals surface area contributed by atoms with Gasteiger partial charge in [0.2, 0.25) is 0 Å². The Morgan fingerprint density at radius 2 is 1.53 bits per heavy atom. The second-order valence-electron chi connectivity index (χ2n) is 9.28. The number of amides is 1. The van der Waals surface area contributed by atoms with Crippen molar-refractivity contribution in [3.63, 3.8) is 0 Å². The van der Waals surface area contributed by atoms with Gasteiger partial charge in [0, 0.05) is 44.2 Å². The number of pyridine rings is 1. The Kier molecular flexibility index (Phi) is 6.44. The zero-order valence-electron chi connectivity index (χ0n) is 20.6. The maximum atomic E-state index is 13.8. The van der Waals surface area contributed by atoms with E-state index in [-0.39, 0.29) is 11.9 Å². The number of carbonyl (C=O) groups is 1. The van der Waals surface area contributed by atoms with Crippen molar-refractivity contribution in [2.45, 2.75) is 19.4 Å². The summed E-state index contributed by atoms with van der Waals surface area (Å²) in [6.45, 7) is 1.99. The highest BCUT2D eigenvalue weighted by Crippen LogP contribution is 2.41. The first kappa shape index (κ1) is 24.4. The molecule has 0 fully saturated rings. The van der Waals surface area contributed by atoms with Gasteiger partial charge in [-0.3, -0.25) is 9.78 Å². The largest absolute Gasteiger partial charge is 0.274 e. The van der Waals surface area contributed by atoms with Crippen LogP contribution < -0.4 is 0 Å². The molecular formula is C32H23Cl2N3O. The smallest absolute Gasteiger partial charge is 0.267 e. The van der Waals surface area contributed by atoms with Crippen molar-refractivity contribution in [2.75, 3.05) is 0 Å². The third-order valence-corrected chi connectivity index (χ3v) is 7.46. The second kappa shape index (κ2) is 10.1. The normalized spacial score (nSPS) is 15.1. The molecule has 4 aromatic carbocycles. The Hall–Kier alpha value is -3.99. The van der Waals surface area contributed by atoms with Crippen LogP contribution >= 0.6 is 23.2 Å². The van der Waals surface area contributed by atoms with E-state index in [1.165, 1.54) is 0 Å². The molecule has 4 nitrogen and oxygen atoms in total. The van der Waals surface area contributed by atoms with Gasteiger partial charge in [0.1, 0.15) is 0 Å². The molecule has 0 saturated heterocycles. The van der Waals surface area contributed by atoms with E-state index in [4.69, 9.17) is 33.3 Å². The summed E-state index contributed by atoms with van der Waals surface area (Å²) in [4.78, 5) is 18.7. The number of nitrogens with zero attached hydrogens (tertiary/aromatic N) is 3. The Balaban J connectivity index is 1.58. The van der Waals surface area contributed by atoms with Crippen molar-refractivity contribution in [1.82, 2.24) is 9.99 Å². The standard InChI is InChI=1S/C32H23Cl2N3O/c1-20-30(31(21-10-4-2-5-11-21)25-18-23(33)16-17-27(25)35-20)28-19-29(24-14-8-9-15-26(24)34)37(36-28)32(38)22-12-6-3-7-13-22/h2-18,29H,19H2,1H3/t29-/m1/s1. The molecule has 5 aromatic rings. The van der Waals surface area contributed by atoms with Crippen LogP contribution in [0.15, 0.2) is 108 Å². The summed E-state index contributed by atoms with van der Waals surface area (Å²) >= 11 is 13.1. The third kappa shape index (κ3) is 4.36. The highest BCUT2D eigenvalue weighted by atomic mass is 35.5. The molecule has 1 aromatic heterocycles. The molecular weight excluding hydrogens is 513 g/mol. The van der Waals surface area contributed by atoms with Crippen molar-refractivity contribution in [3.8, 4) is 11.1 Å². The van der Waals surface area contributed by atoms with Gasteiger partial charge in [-0.25, -0.2) is 5.01 Å². The van der Waals surface area contributed by atoms with Gasteiger partial charge >= 0.3 is 0 Å². The van der Waals surface area contributed by atoms with Crippen LogP contribution in [0.3, 0.4) is 0 Å². The van der Waals surface area contributed by atoms with Gasteiger partial charge in [0.15, 0.2) is 0 Å². The number of hydrogen-bond donors (Lipinski definition) is 0. The summed E-state index contributed by atoms with van der Waals surface area (Å²) in [6, 6.07) is 32.4. The molecule has 1 aliphatic heterocycles. The van der Waals surface area contributed by atoms with Crippen LogP contribution in [0, 0.1) is 6.92 Å². The van der Waals surface area contributed by atoms with Crippen LogP contribution in [-0.4, -0.2) is 21.6 Å². The minimum Gasteiger partial charge on any atom is -0.267 e. The number of fused-ring (bicyclic) bond motifs is 1. The molecule has 1 aliphatic rings. The summed E-state index contributed by atoms with van der Waals surface area (Å²) in [5.74, 6) is -0.179. The predicted octanol–water partition coefficient (Wildman–Crippen LogP) is 8.51. The van der Waals surface area contributed by atoms with E-state index in [0.29, 0.717) is 22.0 Å². The molecule has 0 unspecified atom stereocenters. The second-order valence-corrected chi connectivity index (χ2v) is 10.1. The summed E-state index contributed by atoms with van der Waals surface area (Å²) in [5.41, 5.74) is 6.84. The van der Waals surface area contributed by atoms with E-state index in [9.17, 15) is 4.79 Å². The maximum absolute atomic E-state index is 13.8. The van der Waals surface area contributed by atoms with Gasteiger partial charge < -0.3 is 0 Å². The van der Waals surface area contributed by atoms with E-state index in [1.54, 1.807) is 17.1 Å². The van der Waals surface area contributed by atoms with Crippen LogP contribution in [0.1, 0.15) is 39.6 Å². The van der Waals surface area contributed by atoms with Gasteiger partial charge in [-0.2, -0.15) is 5.10 Å². The molecule has 186 valence electrons. The van der Waals surface area contributed by atoms with Crippen molar-refractivity contribution in [2.24, 2.45) is 5.10 Å². The van der Waals surface area contributed by atoms with E-state index < -0.39 is 0 Å². The van der Waals surface area contributed by atoms with E-state index >= 15 is 0 Å². The lowest BCUT2D eigenvalue weighted by atomic mass is 9.89. The molecule has 0 bridgehead atoms. The molecule has 6 rings (SSSR count). The number of aryl methyl sites for hydroxylation is 1.